The van der Waals surface area contributed by atoms with Crippen molar-refractivity contribution in [2.75, 3.05) is 5.32 Å². The summed E-state index contributed by atoms with van der Waals surface area (Å²) in [5.74, 6) is -3.05. The summed E-state index contributed by atoms with van der Waals surface area (Å²) < 4.78 is 29.6. The molecule has 0 amide bonds. The van der Waals surface area contributed by atoms with Crippen LogP contribution in [0.3, 0.4) is 0 Å². The van der Waals surface area contributed by atoms with Crippen LogP contribution < -0.4 is 10.6 Å². The molecule has 2 unspecified atom stereocenters. The average molecular weight is 573 g/mol. The van der Waals surface area contributed by atoms with Gasteiger partial charge >= 0.3 is 0 Å². The van der Waals surface area contributed by atoms with Crippen molar-refractivity contribution in [1.29, 1.82) is 0 Å². The second kappa shape index (κ2) is 11.0. The number of pyridine rings is 1. The number of alkyl halides is 2. The summed E-state index contributed by atoms with van der Waals surface area (Å²) in [6.45, 7) is 0.864. The van der Waals surface area contributed by atoms with Crippen LogP contribution >= 0.6 is 27.5 Å². The second-order valence-corrected chi connectivity index (χ2v) is 9.95. The highest BCUT2D eigenvalue weighted by Gasteiger charge is 2.39. The molecule has 36 heavy (non-hydrogen) atoms. The first-order valence-corrected chi connectivity index (χ1v) is 12.5. The van der Waals surface area contributed by atoms with Crippen molar-refractivity contribution in [1.82, 2.24) is 10.3 Å². The molecule has 0 aliphatic rings. The molecule has 0 saturated carbocycles. The number of hydrogen-bond acceptors (Lipinski definition) is 4. The molecule has 4 rings (SSSR count). The number of aliphatic hydroxyl groups excluding tert-OH is 1. The van der Waals surface area contributed by atoms with Crippen molar-refractivity contribution >= 4 is 33.2 Å². The van der Waals surface area contributed by atoms with Gasteiger partial charge in [0.1, 0.15) is 0 Å². The zero-order valence-corrected chi connectivity index (χ0v) is 21.8. The van der Waals surface area contributed by atoms with E-state index in [2.05, 4.69) is 31.5 Å². The van der Waals surface area contributed by atoms with Crippen LogP contribution in [0.1, 0.15) is 29.3 Å². The van der Waals surface area contributed by atoms with Crippen LogP contribution in [0, 0.1) is 0 Å². The number of nitrogens with zero attached hydrogens (tertiary/aromatic N) is 1. The molecule has 1 aromatic heterocycles. The fourth-order valence-corrected chi connectivity index (χ4v) is 4.65. The van der Waals surface area contributed by atoms with Crippen LogP contribution in [0.15, 0.2) is 102 Å². The van der Waals surface area contributed by atoms with Gasteiger partial charge in [-0.25, -0.2) is 8.78 Å². The van der Waals surface area contributed by atoms with Gasteiger partial charge in [0.05, 0.1) is 16.3 Å². The predicted molar refractivity (Wildman–Crippen MR) is 143 cm³/mol. The Morgan fingerprint density at radius 2 is 1.67 bits per heavy atom. The van der Waals surface area contributed by atoms with E-state index < -0.39 is 17.8 Å². The molecule has 0 bridgehead atoms. The van der Waals surface area contributed by atoms with E-state index >= 15 is 0 Å². The summed E-state index contributed by atoms with van der Waals surface area (Å²) in [5.41, 5.74) is 1.30. The number of nitrogens with one attached hydrogen (secondary N) is 2. The molecule has 0 spiro atoms. The quantitative estimate of drug-likeness (QED) is 0.188. The van der Waals surface area contributed by atoms with Gasteiger partial charge < -0.3 is 10.4 Å². The molecule has 2 atom stereocenters. The summed E-state index contributed by atoms with van der Waals surface area (Å²) in [5, 5.41) is 17.9. The Kier molecular flexibility index (Phi) is 8.05. The van der Waals surface area contributed by atoms with E-state index in [-0.39, 0.29) is 5.56 Å². The molecule has 1 heterocycles. The summed E-state index contributed by atoms with van der Waals surface area (Å²) >= 11 is 9.56. The van der Waals surface area contributed by atoms with E-state index in [0.717, 1.165) is 17.0 Å². The maximum atomic E-state index is 14.4. The minimum absolute atomic E-state index is 0.136. The molecule has 3 N–H and O–H groups in total. The van der Waals surface area contributed by atoms with Gasteiger partial charge in [0.2, 0.25) is 0 Å². The Balaban J connectivity index is 1.86. The monoisotopic (exact) mass is 571 g/mol. The van der Waals surface area contributed by atoms with Gasteiger partial charge in [0, 0.05) is 35.3 Å². The zero-order valence-electron chi connectivity index (χ0n) is 19.4. The summed E-state index contributed by atoms with van der Waals surface area (Å²) in [6.07, 6.45) is 0.564. The zero-order chi connectivity index (χ0) is 25.8. The lowest BCUT2D eigenvalue weighted by Crippen LogP contribution is -2.53. The van der Waals surface area contributed by atoms with Crippen LogP contribution in [0.2, 0.25) is 5.02 Å². The Bertz CT molecular complexity index is 1300. The molecular formula is C28H25BrClF2N3O. The molecular weight excluding hydrogens is 548 g/mol. The number of aliphatic hydroxyl groups is 1. The first-order valence-electron chi connectivity index (χ1n) is 11.3. The Morgan fingerprint density at radius 1 is 0.944 bits per heavy atom. The van der Waals surface area contributed by atoms with E-state index in [4.69, 9.17) is 11.6 Å². The Hall–Kier alpha value is -2.84. The van der Waals surface area contributed by atoms with Gasteiger partial charge in [0.25, 0.3) is 5.92 Å². The molecule has 8 heteroatoms. The molecule has 0 saturated heterocycles. The van der Waals surface area contributed by atoms with Crippen molar-refractivity contribution in [3.8, 4) is 0 Å². The van der Waals surface area contributed by atoms with Crippen LogP contribution in [0.25, 0.3) is 0 Å². The number of hydrogen-bond donors (Lipinski definition) is 3. The van der Waals surface area contributed by atoms with E-state index in [1.165, 1.54) is 18.3 Å². The molecule has 186 valence electrons. The fourth-order valence-electron chi connectivity index (χ4n) is 4.14. The average Bonchev–Trinajstić information content (AvgIpc) is 2.84. The third-order valence-corrected chi connectivity index (χ3v) is 6.57. The van der Waals surface area contributed by atoms with Crippen molar-refractivity contribution in [3.63, 3.8) is 0 Å². The Morgan fingerprint density at radius 3 is 2.33 bits per heavy atom. The molecule has 0 radical (unpaired) electrons. The summed E-state index contributed by atoms with van der Waals surface area (Å²) in [7, 11) is 0. The maximum absolute atomic E-state index is 14.4. The normalized spacial score (nSPS) is 14.2. The lowest BCUT2D eigenvalue weighted by molar-refractivity contribution is 0.0172. The minimum atomic E-state index is -3.05. The number of rotatable bonds is 9. The minimum Gasteiger partial charge on any atom is -0.361 e. The summed E-state index contributed by atoms with van der Waals surface area (Å²) in [4.78, 5) is 4.56. The van der Waals surface area contributed by atoms with Crippen molar-refractivity contribution < 1.29 is 13.9 Å². The Labute approximate surface area is 222 Å². The first kappa shape index (κ1) is 26.2. The largest absolute Gasteiger partial charge is 0.361 e. The third-order valence-electron chi connectivity index (χ3n) is 5.85. The van der Waals surface area contributed by atoms with Gasteiger partial charge in [-0.05, 0) is 47.5 Å². The highest BCUT2D eigenvalue weighted by molar-refractivity contribution is 9.10. The smallest absolute Gasteiger partial charge is 0.270 e. The number of benzene rings is 3. The fraction of sp³-hybridized carbons (Fsp3) is 0.179. The number of halogens is 4. The molecule has 4 nitrogen and oxygen atoms in total. The standard InChI is InChI=1S/C28H25BrClF2N3O/c1-27(31,32)20-9-5-10-21(15-20)28(17-19-7-3-2-4-8-19,25-14-13-23(30)18-33-25)35-26(36)34-24-12-6-11-22(29)16-24/h2-16,18,26,34-36H,17H2,1H3. The highest BCUT2D eigenvalue weighted by Crippen LogP contribution is 2.37. The van der Waals surface area contributed by atoms with Gasteiger partial charge in [-0.15, -0.1) is 0 Å². The topological polar surface area (TPSA) is 57.2 Å². The van der Waals surface area contributed by atoms with Crippen molar-refractivity contribution in [2.24, 2.45) is 0 Å². The van der Waals surface area contributed by atoms with Crippen molar-refractivity contribution in [2.45, 2.75) is 31.2 Å². The summed E-state index contributed by atoms with van der Waals surface area (Å²) in [6, 6.07) is 26.6. The van der Waals surface area contributed by atoms with E-state index in [9.17, 15) is 13.9 Å². The predicted octanol–water partition coefficient (Wildman–Crippen LogP) is 7.07. The SMILES string of the molecule is CC(F)(F)c1cccc(C(Cc2ccccc2)(NC(O)Nc2cccc(Br)c2)c2ccc(Cl)cn2)c1. The van der Waals surface area contributed by atoms with Gasteiger partial charge in [0.15, 0.2) is 6.35 Å². The third kappa shape index (κ3) is 6.28. The molecule has 0 fully saturated rings. The van der Waals surface area contributed by atoms with Crippen LogP contribution in [-0.2, 0) is 17.9 Å². The van der Waals surface area contributed by atoms with Crippen molar-refractivity contribution in [3.05, 3.63) is 129 Å². The van der Waals surface area contributed by atoms with Gasteiger partial charge in [-0.1, -0.05) is 82.1 Å². The van der Waals surface area contributed by atoms with E-state index in [0.29, 0.717) is 28.4 Å². The van der Waals surface area contributed by atoms with E-state index in [1.54, 1.807) is 24.3 Å². The first-order chi connectivity index (χ1) is 17.2. The molecule has 3 aromatic carbocycles. The molecule has 4 aromatic rings. The molecule has 0 aliphatic carbocycles. The number of aromatic nitrogens is 1. The van der Waals surface area contributed by atoms with Gasteiger partial charge in [-0.3, -0.25) is 10.3 Å². The van der Waals surface area contributed by atoms with Crippen LogP contribution in [0.4, 0.5) is 14.5 Å². The highest BCUT2D eigenvalue weighted by atomic mass is 79.9. The van der Waals surface area contributed by atoms with Gasteiger partial charge in [-0.2, -0.15) is 0 Å². The lowest BCUT2D eigenvalue weighted by atomic mass is 9.79. The lowest BCUT2D eigenvalue weighted by Gasteiger charge is -2.38. The van der Waals surface area contributed by atoms with Crippen LogP contribution in [0.5, 0.6) is 0 Å². The molecule has 0 aliphatic heterocycles. The van der Waals surface area contributed by atoms with E-state index in [1.807, 2.05) is 54.6 Å². The van der Waals surface area contributed by atoms with Crippen LogP contribution in [-0.4, -0.2) is 16.4 Å². The maximum Gasteiger partial charge on any atom is 0.270 e. The number of anilines is 1. The second-order valence-electron chi connectivity index (χ2n) is 8.60.